The number of primary amides is 1. The van der Waals surface area contributed by atoms with Crippen LogP contribution < -0.4 is 11.1 Å². The Morgan fingerprint density at radius 2 is 2.12 bits per heavy atom. The number of carbonyl (C=O) groups is 1. The number of carbonyl (C=O) groups excluding carboxylic acids is 1. The first-order valence-electron chi connectivity index (χ1n) is 5.29. The highest BCUT2D eigenvalue weighted by atomic mass is 32.1. The molecule has 88 valence electrons. The molecule has 0 spiro atoms. The van der Waals surface area contributed by atoms with Crippen LogP contribution in [0.2, 0.25) is 0 Å². The van der Waals surface area contributed by atoms with Gasteiger partial charge in [0.25, 0.3) is 0 Å². The van der Waals surface area contributed by atoms with Gasteiger partial charge in [0.05, 0.1) is 10.7 Å². The molecule has 0 aliphatic rings. The highest BCUT2D eigenvalue weighted by Crippen LogP contribution is 2.21. The van der Waals surface area contributed by atoms with Crippen LogP contribution in [-0.4, -0.2) is 17.6 Å². The number of aromatic nitrogens is 1. The van der Waals surface area contributed by atoms with Crippen molar-refractivity contribution in [3.8, 4) is 11.3 Å². The zero-order chi connectivity index (χ0) is 12.1. The van der Waals surface area contributed by atoms with Gasteiger partial charge in [-0.15, -0.1) is 11.3 Å². The molecular weight excluding hydrogens is 234 g/mol. The van der Waals surface area contributed by atoms with Crippen molar-refractivity contribution in [2.45, 2.75) is 6.42 Å². The summed E-state index contributed by atoms with van der Waals surface area (Å²) in [5, 5.41) is 5.57. The number of rotatable bonds is 4. The third-order valence-electron chi connectivity index (χ3n) is 2.26. The Morgan fingerprint density at radius 1 is 1.35 bits per heavy atom. The quantitative estimate of drug-likeness (QED) is 0.868. The Labute approximate surface area is 103 Å². The van der Waals surface area contributed by atoms with E-state index in [2.05, 4.69) is 10.3 Å². The number of benzene rings is 1. The summed E-state index contributed by atoms with van der Waals surface area (Å²) in [5.74, 6) is 0. The summed E-state index contributed by atoms with van der Waals surface area (Å²) in [4.78, 5) is 15.0. The molecule has 0 aliphatic heterocycles. The summed E-state index contributed by atoms with van der Waals surface area (Å²) in [7, 11) is 0. The van der Waals surface area contributed by atoms with E-state index < -0.39 is 6.03 Å². The first-order valence-corrected chi connectivity index (χ1v) is 6.17. The number of thiazole rings is 1. The number of urea groups is 1. The van der Waals surface area contributed by atoms with Crippen molar-refractivity contribution in [2.75, 3.05) is 6.54 Å². The molecule has 2 rings (SSSR count). The summed E-state index contributed by atoms with van der Waals surface area (Å²) in [6.07, 6.45) is 0.709. The van der Waals surface area contributed by atoms with Crippen LogP contribution in [-0.2, 0) is 6.42 Å². The smallest absolute Gasteiger partial charge is 0.312 e. The lowest BCUT2D eigenvalue weighted by Crippen LogP contribution is -2.30. The minimum atomic E-state index is -0.496. The van der Waals surface area contributed by atoms with Crippen LogP contribution in [0.5, 0.6) is 0 Å². The van der Waals surface area contributed by atoms with Crippen molar-refractivity contribution in [2.24, 2.45) is 5.73 Å². The van der Waals surface area contributed by atoms with Gasteiger partial charge in [-0.3, -0.25) is 0 Å². The third kappa shape index (κ3) is 3.29. The minimum absolute atomic E-state index is 0.496. The summed E-state index contributed by atoms with van der Waals surface area (Å²) < 4.78 is 0. The SMILES string of the molecule is NC(=O)NCCc1nc(-c2ccccc2)cs1. The van der Waals surface area contributed by atoms with Gasteiger partial charge in [-0.05, 0) is 0 Å². The van der Waals surface area contributed by atoms with Crippen LogP contribution in [0.4, 0.5) is 4.79 Å². The summed E-state index contributed by atoms with van der Waals surface area (Å²) in [6, 6.07) is 9.52. The fraction of sp³-hybridized carbons (Fsp3) is 0.167. The molecule has 0 bridgehead atoms. The number of hydrogen-bond donors (Lipinski definition) is 2. The third-order valence-corrected chi connectivity index (χ3v) is 3.17. The van der Waals surface area contributed by atoms with Crippen molar-refractivity contribution in [3.63, 3.8) is 0 Å². The normalized spacial score (nSPS) is 10.1. The second-order valence-corrected chi connectivity index (χ2v) is 4.48. The lowest BCUT2D eigenvalue weighted by molar-refractivity contribution is 0.249. The first-order chi connectivity index (χ1) is 8.25. The maximum Gasteiger partial charge on any atom is 0.312 e. The van der Waals surface area contributed by atoms with E-state index in [-0.39, 0.29) is 0 Å². The van der Waals surface area contributed by atoms with Crippen molar-refractivity contribution in [1.82, 2.24) is 10.3 Å². The Morgan fingerprint density at radius 3 is 2.82 bits per heavy atom. The molecule has 1 aromatic heterocycles. The molecule has 0 aliphatic carbocycles. The van der Waals surface area contributed by atoms with Gasteiger partial charge in [0.2, 0.25) is 0 Å². The van der Waals surface area contributed by atoms with Crippen LogP contribution >= 0.6 is 11.3 Å². The standard InChI is InChI=1S/C12H13N3OS/c13-12(16)14-7-6-11-15-10(8-17-11)9-4-2-1-3-5-9/h1-5,8H,6-7H2,(H3,13,14,16). The molecule has 0 unspecified atom stereocenters. The van der Waals surface area contributed by atoms with E-state index in [1.54, 1.807) is 11.3 Å². The van der Waals surface area contributed by atoms with Gasteiger partial charge in [0.15, 0.2) is 0 Å². The minimum Gasteiger partial charge on any atom is -0.352 e. The topological polar surface area (TPSA) is 68.0 Å². The number of hydrogen-bond acceptors (Lipinski definition) is 3. The van der Waals surface area contributed by atoms with Crippen molar-refractivity contribution in [3.05, 3.63) is 40.7 Å². The predicted octanol–water partition coefficient (Wildman–Crippen LogP) is 2.02. The Bertz CT molecular complexity index is 495. The second kappa shape index (κ2) is 5.45. The van der Waals surface area contributed by atoms with Gasteiger partial charge in [-0.25, -0.2) is 9.78 Å². The van der Waals surface area contributed by atoms with E-state index in [1.807, 2.05) is 35.7 Å². The van der Waals surface area contributed by atoms with Crippen LogP contribution in [0.15, 0.2) is 35.7 Å². The summed E-state index contributed by atoms with van der Waals surface area (Å²) in [5.41, 5.74) is 7.07. The number of amides is 2. The highest BCUT2D eigenvalue weighted by molar-refractivity contribution is 7.09. The predicted molar refractivity (Wildman–Crippen MR) is 68.8 cm³/mol. The molecule has 2 amide bonds. The summed E-state index contributed by atoms with van der Waals surface area (Å²) in [6.45, 7) is 0.525. The molecular formula is C12H13N3OS. The molecule has 5 heteroatoms. The zero-order valence-corrected chi connectivity index (χ0v) is 10.0. The molecule has 0 atom stereocenters. The van der Waals surface area contributed by atoms with Gasteiger partial charge < -0.3 is 11.1 Å². The monoisotopic (exact) mass is 247 g/mol. The first kappa shape index (κ1) is 11.6. The molecule has 1 heterocycles. The van der Waals surface area contributed by atoms with Crippen molar-refractivity contribution in [1.29, 1.82) is 0 Å². The maximum atomic E-state index is 10.5. The van der Waals surface area contributed by atoms with Crippen molar-refractivity contribution >= 4 is 17.4 Å². The second-order valence-electron chi connectivity index (χ2n) is 3.53. The van der Waals surface area contributed by atoms with E-state index in [0.29, 0.717) is 13.0 Å². The zero-order valence-electron chi connectivity index (χ0n) is 9.22. The Hall–Kier alpha value is -1.88. The van der Waals surface area contributed by atoms with Crippen molar-refractivity contribution < 1.29 is 4.79 Å². The molecule has 3 N–H and O–H groups in total. The fourth-order valence-electron chi connectivity index (χ4n) is 1.46. The van der Waals surface area contributed by atoms with E-state index >= 15 is 0 Å². The molecule has 0 fully saturated rings. The van der Waals surface area contributed by atoms with Crippen LogP contribution in [0, 0.1) is 0 Å². The molecule has 2 aromatic rings. The van der Waals surface area contributed by atoms with Gasteiger partial charge in [0, 0.05) is 23.9 Å². The van der Waals surface area contributed by atoms with Gasteiger partial charge in [-0.1, -0.05) is 30.3 Å². The fourth-order valence-corrected chi connectivity index (χ4v) is 2.27. The lowest BCUT2D eigenvalue weighted by Gasteiger charge is -1.98. The van der Waals surface area contributed by atoms with E-state index in [0.717, 1.165) is 16.3 Å². The number of nitrogens with two attached hydrogens (primary N) is 1. The highest BCUT2D eigenvalue weighted by Gasteiger charge is 2.04. The van der Waals surface area contributed by atoms with Gasteiger partial charge in [-0.2, -0.15) is 0 Å². The molecule has 17 heavy (non-hydrogen) atoms. The number of nitrogens with zero attached hydrogens (tertiary/aromatic N) is 1. The number of nitrogens with one attached hydrogen (secondary N) is 1. The molecule has 4 nitrogen and oxygen atoms in total. The molecule has 0 saturated carbocycles. The lowest BCUT2D eigenvalue weighted by atomic mass is 10.2. The van der Waals surface area contributed by atoms with E-state index in [1.165, 1.54) is 0 Å². The van der Waals surface area contributed by atoms with E-state index in [4.69, 9.17) is 5.73 Å². The average molecular weight is 247 g/mol. The van der Waals surface area contributed by atoms with Crippen LogP contribution in [0.1, 0.15) is 5.01 Å². The van der Waals surface area contributed by atoms with Gasteiger partial charge in [0.1, 0.15) is 0 Å². The van der Waals surface area contributed by atoms with Crippen LogP contribution in [0.25, 0.3) is 11.3 Å². The van der Waals surface area contributed by atoms with Gasteiger partial charge >= 0.3 is 6.03 Å². The molecule has 0 radical (unpaired) electrons. The molecule has 0 saturated heterocycles. The van der Waals surface area contributed by atoms with E-state index in [9.17, 15) is 4.79 Å². The largest absolute Gasteiger partial charge is 0.352 e. The maximum absolute atomic E-state index is 10.5. The summed E-state index contributed by atoms with van der Waals surface area (Å²) >= 11 is 1.59. The Kier molecular flexibility index (Phi) is 3.72. The Balaban J connectivity index is 1.99. The molecule has 1 aromatic carbocycles. The average Bonchev–Trinajstić information content (AvgIpc) is 2.78. The van der Waals surface area contributed by atoms with Crippen LogP contribution in [0.3, 0.4) is 0 Å².